The fraction of sp³-hybridized carbons (Fsp3) is 0.500. The number of sulfonamides is 1. The Morgan fingerprint density at radius 3 is 2.61 bits per heavy atom. The summed E-state index contributed by atoms with van der Waals surface area (Å²) in [4.78, 5) is -0.112. The minimum Gasteiger partial charge on any atom is -0.399 e. The lowest BCUT2D eigenvalue weighted by atomic mass is 10.1. The first-order valence-electron chi connectivity index (χ1n) is 5.97. The molecule has 0 amide bonds. The molecule has 2 atom stereocenters. The van der Waals surface area contributed by atoms with Gasteiger partial charge in [0.05, 0.1) is 4.90 Å². The van der Waals surface area contributed by atoms with E-state index in [0.29, 0.717) is 5.92 Å². The van der Waals surface area contributed by atoms with Gasteiger partial charge < -0.3 is 5.73 Å². The summed E-state index contributed by atoms with van der Waals surface area (Å²) in [5.74, 6) is -0.333. The molecule has 1 aromatic carbocycles. The lowest BCUT2D eigenvalue weighted by Crippen LogP contribution is -2.36. The highest BCUT2D eigenvalue weighted by Crippen LogP contribution is 2.26. The highest BCUT2D eigenvalue weighted by Gasteiger charge is 2.28. The van der Waals surface area contributed by atoms with Crippen molar-refractivity contribution in [2.45, 2.75) is 37.1 Å². The second kappa shape index (κ2) is 4.85. The number of nitrogens with one attached hydrogen (secondary N) is 1. The maximum absolute atomic E-state index is 13.2. The van der Waals surface area contributed by atoms with Crippen molar-refractivity contribution in [2.24, 2.45) is 5.92 Å². The Morgan fingerprint density at radius 2 is 2.06 bits per heavy atom. The molecule has 1 fully saturated rings. The molecular formula is C12H17FN2O2S. The smallest absolute Gasteiger partial charge is 0.241 e. The van der Waals surface area contributed by atoms with Gasteiger partial charge in [0.25, 0.3) is 0 Å². The Morgan fingerprint density at radius 1 is 1.33 bits per heavy atom. The molecule has 0 heterocycles. The number of nitrogens with two attached hydrogens (primary N) is 1. The van der Waals surface area contributed by atoms with Crippen LogP contribution in [-0.4, -0.2) is 14.5 Å². The average Bonchev–Trinajstić information content (AvgIpc) is 2.62. The van der Waals surface area contributed by atoms with Crippen LogP contribution < -0.4 is 10.5 Å². The molecule has 6 heteroatoms. The van der Waals surface area contributed by atoms with E-state index in [1.165, 1.54) is 6.07 Å². The van der Waals surface area contributed by atoms with Crippen LogP contribution in [0.4, 0.5) is 10.1 Å². The van der Waals surface area contributed by atoms with E-state index in [1.54, 1.807) is 0 Å². The van der Waals surface area contributed by atoms with Gasteiger partial charge in [-0.3, -0.25) is 0 Å². The van der Waals surface area contributed by atoms with E-state index in [1.807, 2.05) is 6.92 Å². The third-order valence-electron chi connectivity index (χ3n) is 3.37. The minimum absolute atomic E-state index is 0.0699. The Labute approximate surface area is 106 Å². The molecule has 1 aliphatic carbocycles. The predicted octanol–water partition coefficient (Wildman–Crippen LogP) is 1.87. The lowest BCUT2D eigenvalue weighted by Gasteiger charge is -2.17. The van der Waals surface area contributed by atoms with Gasteiger partial charge in [-0.05, 0) is 37.0 Å². The summed E-state index contributed by atoms with van der Waals surface area (Å²) in [6, 6.07) is 3.28. The van der Waals surface area contributed by atoms with Crippen LogP contribution in [0.25, 0.3) is 0 Å². The van der Waals surface area contributed by atoms with Crippen LogP contribution in [0.3, 0.4) is 0 Å². The van der Waals surface area contributed by atoms with Gasteiger partial charge in [-0.25, -0.2) is 17.5 Å². The van der Waals surface area contributed by atoms with E-state index in [0.717, 1.165) is 31.4 Å². The molecule has 100 valence electrons. The summed E-state index contributed by atoms with van der Waals surface area (Å²) in [7, 11) is -3.69. The van der Waals surface area contributed by atoms with Crippen LogP contribution in [0.5, 0.6) is 0 Å². The molecule has 0 radical (unpaired) electrons. The topological polar surface area (TPSA) is 72.2 Å². The monoisotopic (exact) mass is 272 g/mol. The van der Waals surface area contributed by atoms with Crippen LogP contribution in [0.15, 0.2) is 23.1 Å². The number of rotatable bonds is 3. The van der Waals surface area contributed by atoms with Crippen LogP contribution in [-0.2, 0) is 10.0 Å². The Hall–Kier alpha value is -1.14. The zero-order valence-corrected chi connectivity index (χ0v) is 11.0. The molecule has 0 aromatic heterocycles. The van der Waals surface area contributed by atoms with E-state index >= 15 is 0 Å². The van der Waals surface area contributed by atoms with E-state index in [2.05, 4.69) is 4.72 Å². The Kier molecular flexibility index (Phi) is 3.59. The summed E-state index contributed by atoms with van der Waals surface area (Å²) in [5.41, 5.74) is 5.57. The van der Waals surface area contributed by atoms with Crippen molar-refractivity contribution >= 4 is 15.7 Å². The molecule has 1 aromatic rings. The highest BCUT2D eigenvalue weighted by atomic mass is 32.2. The Balaban J connectivity index is 2.25. The molecule has 2 unspecified atom stereocenters. The van der Waals surface area contributed by atoms with Gasteiger partial charge in [0, 0.05) is 11.7 Å². The first kappa shape index (κ1) is 13.3. The molecule has 4 nitrogen and oxygen atoms in total. The van der Waals surface area contributed by atoms with Crippen LogP contribution in [0.2, 0.25) is 0 Å². The summed E-state index contributed by atoms with van der Waals surface area (Å²) in [5, 5.41) is 0. The van der Waals surface area contributed by atoms with Crippen molar-refractivity contribution in [3.8, 4) is 0 Å². The minimum atomic E-state index is -3.69. The van der Waals surface area contributed by atoms with E-state index in [9.17, 15) is 12.8 Å². The van der Waals surface area contributed by atoms with Gasteiger partial charge in [0.1, 0.15) is 5.82 Å². The molecule has 1 saturated carbocycles. The summed E-state index contributed by atoms with van der Waals surface area (Å²) in [6.45, 7) is 2.01. The second-order valence-corrected chi connectivity index (χ2v) is 6.57. The van der Waals surface area contributed by atoms with Gasteiger partial charge in [-0.2, -0.15) is 0 Å². The zero-order chi connectivity index (χ0) is 13.3. The number of hydrogen-bond donors (Lipinski definition) is 2. The first-order valence-corrected chi connectivity index (χ1v) is 7.45. The summed E-state index contributed by atoms with van der Waals surface area (Å²) < 4.78 is 40.0. The normalized spacial score (nSPS) is 24.3. The molecule has 0 bridgehead atoms. The van der Waals surface area contributed by atoms with Gasteiger partial charge in [-0.15, -0.1) is 0 Å². The van der Waals surface area contributed by atoms with Crippen molar-refractivity contribution < 1.29 is 12.8 Å². The number of anilines is 1. The molecule has 0 aliphatic heterocycles. The number of benzene rings is 1. The summed E-state index contributed by atoms with van der Waals surface area (Å²) >= 11 is 0. The third kappa shape index (κ3) is 2.81. The molecule has 0 saturated heterocycles. The van der Waals surface area contributed by atoms with Crippen LogP contribution in [0, 0.1) is 11.7 Å². The maximum atomic E-state index is 13.2. The van der Waals surface area contributed by atoms with Crippen molar-refractivity contribution in [1.29, 1.82) is 0 Å². The number of hydrogen-bond acceptors (Lipinski definition) is 3. The number of halogens is 1. The highest BCUT2D eigenvalue weighted by molar-refractivity contribution is 7.89. The lowest BCUT2D eigenvalue weighted by molar-refractivity contribution is 0.476. The average molecular weight is 272 g/mol. The van der Waals surface area contributed by atoms with Crippen molar-refractivity contribution in [3.63, 3.8) is 0 Å². The molecular weight excluding hydrogens is 255 g/mol. The second-order valence-electron chi connectivity index (χ2n) is 4.86. The largest absolute Gasteiger partial charge is 0.399 e. The quantitative estimate of drug-likeness (QED) is 0.825. The van der Waals surface area contributed by atoms with E-state index < -0.39 is 15.8 Å². The van der Waals surface area contributed by atoms with Gasteiger partial charge in [0.15, 0.2) is 0 Å². The fourth-order valence-corrected chi connectivity index (χ4v) is 3.77. The van der Waals surface area contributed by atoms with Crippen molar-refractivity contribution in [1.82, 2.24) is 4.72 Å². The third-order valence-corrected chi connectivity index (χ3v) is 4.84. The number of nitrogen functional groups attached to an aromatic ring is 1. The van der Waals surface area contributed by atoms with Crippen molar-refractivity contribution in [2.75, 3.05) is 5.73 Å². The summed E-state index contributed by atoms with van der Waals surface area (Å²) in [6.07, 6.45) is 2.85. The predicted molar refractivity (Wildman–Crippen MR) is 67.9 cm³/mol. The molecule has 3 N–H and O–H groups in total. The molecule has 1 aliphatic rings. The first-order chi connectivity index (χ1) is 8.38. The van der Waals surface area contributed by atoms with Crippen LogP contribution >= 0.6 is 0 Å². The Bertz CT molecular complexity index is 525. The van der Waals surface area contributed by atoms with Crippen LogP contribution in [0.1, 0.15) is 26.2 Å². The van der Waals surface area contributed by atoms with Gasteiger partial charge >= 0.3 is 0 Å². The zero-order valence-electron chi connectivity index (χ0n) is 10.2. The van der Waals surface area contributed by atoms with Gasteiger partial charge in [-0.1, -0.05) is 13.3 Å². The molecule has 2 rings (SSSR count). The molecule has 18 heavy (non-hydrogen) atoms. The molecule has 0 spiro atoms. The van der Waals surface area contributed by atoms with E-state index in [4.69, 9.17) is 5.73 Å². The SMILES string of the molecule is CC1CCCC1NS(=O)(=O)c1cc(N)cc(F)c1. The van der Waals surface area contributed by atoms with Crippen molar-refractivity contribution in [3.05, 3.63) is 24.0 Å². The van der Waals surface area contributed by atoms with Gasteiger partial charge in [0.2, 0.25) is 10.0 Å². The maximum Gasteiger partial charge on any atom is 0.241 e. The standard InChI is InChI=1S/C12H17FN2O2S/c1-8-3-2-4-12(8)15-18(16,17)11-6-9(13)5-10(14)7-11/h5-8,12,15H,2-4,14H2,1H3. The fourth-order valence-electron chi connectivity index (χ4n) is 2.33. The van der Waals surface area contributed by atoms with E-state index in [-0.39, 0.29) is 16.6 Å².